The molecule has 0 aliphatic carbocycles. The van der Waals surface area contributed by atoms with Gasteiger partial charge in [0.1, 0.15) is 17.4 Å². The molecule has 10 nitrogen and oxygen atoms in total. The smallest absolute Gasteiger partial charge is 0.334 e. The summed E-state index contributed by atoms with van der Waals surface area (Å²) in [5.41, 5.74) is 0.862. The molecule has 168 valence electrons. The van der Waals surface area contributed by atoms with E-state index in [1.807, 2.05) is 6.92 Å². The second-order valence-corrected chi connectivity index (χ2v) is 8.89. The molecule has 0 saturated heterocycles. The molecule has 0 bridgehead atoms. The molecule has 11 heteroatoms. The van der Waals surface area contributed by atoms with E-state index >= 15 is 0 Å². The zero-order chi connectivity index (χ0) is 22.8. The molecule has 3 N–H and O–H groups in total. The summed E-state index contributed by atoms with van der Waals surface area (Å²) in [4.78, 5) is 24.1. The normalized spacial score (nSPS) is 12.9. The summed E-state index contributed by atoms with van der Waals surface area (Å²) in [5.74, 6) is 1.06. The van der Waals surface area contributed by atoms with Gasteiger partial charge in [-0.1, -0.05) is 13.3 Å². The highest BCUT2D eigenvalue weighted by molar-refractivity contribution is 7.89. The molecule has 1 aromatic carbocycles. The Morgan fingerprint density at radius 1 is 1.26 bits per heavy atom. The van der Waals surface area contributed by atoms with E-state index in [9.17, 15) is 18.3 Å². The van der Waals surface area contributed by atoms with E-state index in [1.54, 1.807) is 20.8 Å². The second-order valence-electron chi connectivity index (χ2n) is 7.17. The van der Waals surface area contributed by atoms with Crippen LogP contribution in [0.2, 0.25) is 0 Å². The number of ether oxygens (including phenoxy) is 1. The summed E-state index contributed by atoms with van der Waals surface area (Å²) in [6, 6.07) is 3.76. The minimum absolute atomic E-state index is 0.0237. The largest absolute Gasteiger partial charge is 0.493 e. The Labute approximate surface area is 180 Å². The van der Waals surface area contributed by atoms with E-state index in [4.69, 9.17) is 4.74 Å². The van der Waals surface area contributed by atoms with Crippen LogP contribution in [-0.2, 0) is 10.0 Å². The van der Waals surface area contributed by atoms with Gasteiger partial charge in [0.25, 0.3) is 0 Å². The second kappa shape index (κ2) is 9.16. The first kappa shape index (κ1) is 22.9. The predicted octanol–water partition coefficient (Wildman–Crippen LogP) is 1.54. The van der Waals surface area contributed by atoms with Crippen LogP contribution in [-0.4, -0.2) is 52.1 Å². The zero-order valence-electron chi connectivity index (χ0n) is 18.0. The summed E-state index contributed by atoms with van der Waals surface area (Å²) in [6.45, 7) is 7.20. The number of hydrogen-bond acceptors (Lipinski definition) is 7. The number of rotatable bonds is 9. The third-order valence-electron chi connectivity index (χ3n) is 4.83. The molecular formula is C20H27N5O5S. The lowest BCUT2D eigenvalue weighted by Crippen LogP contribution is -2.37. The maximum Gasteiger partial charge on any atom is 0.334 e. The van der Waals surface area contributed by atoms with E-state index in [1.165, 1.54) is 22.6 Å². The number of aliphatic hydroxyl groups is 1. The number of fused-ring (bicyclic) bond motifs is 1. The lowest BCUT2D eigenvalue weighted by Gasteiger charge is -2.17. The Balaban J connectivity index is 2.15. The van der Waals surface area contributed by atoms with Gasteiger partial charge in [0.15, 0.2) is 5.65 Å². The van der Waals surface area contributed by atoms with Crippen LogP contribution in [0.25, 0.3) is 17.0 Å². The molecule has 0 spiro atoms. The molecule has 1 unspecified atom stereocenters. The summed E-state index contributed by atoms with van der Waals surface area (Å²) < 4.78 is 35.3. The molecular weight excluding hydrogens is 422 g/mol. The molecule has 31 heavy (non-hydrogen) atoms. The molecule has 3 rings (SSSR count). The molecule has 1 atom stereocenters. The van der Waals surface area contributed by atoms with Crippen LogP contribution in [0.1, 0.15) is 38.2 Å². The van der Waals surface area contributed by atoms with Gasteiger partial charge in [-0.2, -0.15) is 0 Å². The van der Waals surface area contributed by atoms with Gasteiger partial charge in [-0.25, -0.2) is 32.3 Å². The van der Waals surface area contributed by atoms with Gasteiger partial charge in [-0.15, -0.1) is 0 Å². The van der Waals surface area contributed by atoms with Crippen molar-refractivity contribution in [1.82, 2.24) is 24.1 Å². The van der Waals surface area contributed by atoms with Gasteiger partial charge in [-0.05, 0) is 45.4 Å². The first-order valence-electron chi connectivity index (χ1n) is 10.1. The molecule has 2 heterocycles. The number of aryl methyl sites for hydroxylation is 2. The van der Waals surface area contributed by atoms with E-state index in [-0.39, 0.29) is 17.3 Å². The molecule has 0 fully saturated rings. The zero-order valence-corrected chi connectivity index (χ0v) is 18.8. The molecule has 0 saturated carbocycles. The van der Waals surface area contributed by atoms with E-state index < -0.39 is 21.8 Å². The number of benzene rings is 1. The lowest BCUT2D eigenvalue weighted by atomic mass is 10.2. The van der Waals surface area contributed by atoms with Crippen molar-refractivity contribution in [2.24, 2.45) is 0 Å². The van der Waals surface area contributed by atoms with Crippen LogP contribution < -0.4 is 15.1 Å². The average molecular weight is 450 g/mol. The third-order valence-corrected chi connectivity index (χ3v) is 6.35. The van der Waals surface area contributed by atoms with Crippen LogP contribution in [0.15, 0.2) is 27.9 Å². The minimum Gasteiger partial charge on any atom is -0.493 e. The Kier molecular flexibility index (Phi) is 6.77. The SMILES string of the molecule is CCCC(CO)NS(=O)(=O)c1ccc(OCC)c(-c2nc3c(C)nc(C)n3c(=O)[nH]2)c1. The Hall–Kier alpha value is -2.76. The highest BCUT2D eigenvalue weighted by Crippen LogP contribution is 2.30. The molecule has 0 aliphatic rings. The van der Waals surface area contributed by atoms with Crippen LogP contribution in [0.5, 0.6) is 5.75 Å². The standard InChI is InChI=1S/C20H27N5O5S/c1-5-7-14(11-26)24-31(28,29)15-8-9-17(30-6-2)16(10-15)18-22-19-12(3)21-13(4)25(19)20(27)23-18/h8-10,14,24,26H,5-7,11H2,1-4H3,(H,22,23,27). The van der Waals surface area contributed by atoms with E-state index in [0.717, 1.165) is 6.42 Å². The molecule has 0 radical (unpaired) electrons. The van der Waals surface area contributed by atoms with Gasteiger partial charge in [0, 0.05) is 6.04 Å². The van der Waals surface area contributed by atoms with Crippen molar-refractivity contribution < 1.29 is 18.3 Å². The number of hydrogen-bond donors (Lipinski definition) is 3. The van der Waals surface area contributed by atoms with Crippen molar-refractivity contribution in [1.29, 1.82) is 0 Å². The van der Waals surface area contributed by atoms with Crippen molar-refractivity contribution in [3.8, 4) is 17.1 Å². The molecule has 0 amide bonds. The van der Waals surface area contributed by atoms with Gasteiger partial charge in [0.05, 0.1) is 29.4 Å². The summed E-state index contributed by atoms with van der Waals surface area (Å²) in [6.07, 6.45) is 1.22. The predicted molar refractivity (Wildman–Crippen MR) is 116 cm³/mol. The Morgan fingerprint density at radius 2 is 2.00 bits per heavy atom. The number of aromatic amines is 1. The lowest BCUT2D eigenvalue weighted by molar-refractivity contribution is 0.250. The van der Waals surface area contributed by atoms with Gasteiger partial charge in [-0.3, -0.25) is 4.98 Å². The van der Waals surface area contributed by atoms with E-state index in [0.29, 0.717) is 41.5 Å². The van der Waals surface area contributed by atoms with Crippen molar-refractivity contribution >= 4 is 15.7 Å². The monoisotopic (exact) mass is 449 g/mol. The molecule has 3 aromatic rings. The number of sulfonamides is 1. The number of H-pyrrole nitrogens is 1. The van der Waals surface area contributed by atoms with Crippen molar-refractivity contribution in [2.75, 3.05) is 13.2 Å². The summed E-state index contributed by atoms with van der Waals surface area (Å²) in [5, 5.41) is 9.47. The number of aliphatic hydroxyl groups excluding tert-OH is 1. The van der Waals surface area contributed by atoms with Crippen LogP contribution in [0, 0.1) is 13.8 Å². The number of aromatic nitrogens is 4. The average Bonchev–Trinajstić information content (AvgIpc) is 3.01. The fraction of sp³-hybridized carbons (Fsp3) is 0.450. The number of nitrogens with one attached hydrogen (secondary N) is 2. The van der Waals surface area contributed by atoms with E-state index in [2.05, 4.69) is 19.7 Å². The van der Waals surface area contributed by atoms with Crippen LogP contribution >= 0.6 is 0 Å². The number of imidazole rings is 1. The van der Waals surface area contributed by atoms with Crippen molar-refractivity contribution in [3.05, 3.63) is 40.2 Å². The quantitative estimate of drug-likeness (QED) is 0.450. The fourth-order valence-corrected chi connectivity index (χ4v) is 4.70. The van der Waals surface area contributed by atoms with Gasteiger partial charge in [0.2, 0.25) is 10.0 Å². The highest BCUT2D eigenvalue weighted by atomic mass is 32.2. The Morgan fingerprint density at radius 3 is 2.65 bits per heavy atom. The van der Waals surface area contributed by atoms with Crippen molar-refractivity contribution in [3.63, 3.8) is 0 Å². The maximum absolute atomic E-state index is 12.9. The maximum atomic E-state index is 12.9. The van der Waals surface area contributed by atoms with Crippen LogP contribution in [0.4, 0.5) is 0 Å². The fourth-order valence-electron chi connectivity index (χ4n) is 3.42. The topological polar surface area (TPSA) is 139 Å². The minimum atomic E-state index is -3.92. The molecule has 2 aromatic heterocycles. The summed E-state index contributed by atoms with van der Waals surface area (Å²) >= 11 is 0. The van der Waals surface area contributed by atoms with Gasteiger partial charge >= 0.3 is 5.69 Å². The van der Waals surface area contributed by atoms with Crippen molar-refractivity contribution in [2.45, 2.75) is 51.5 Å². The Bertz CT molecular complexity index is 1250. The first-order chi connectivity index (χ1) is 14.7. The van der Waals surface area contributed by atoms with Crippen LogP contribution in [0.3, 0.4) is 0 Å². The first-order valence-corrected chi connectivity index (χ1v) is 11.6. The third kappa shape index (κ3) is 4.63. The molecule has 0 aliphatic heterocycles. The van der Waals surface area contributed by atoms with Gasteiger partial charge < -0.3 is 9.84 Å². The summed E-state index contributed by atoms with van der Waals surface area (Å²) in [7, 11) is -3.92. The highest BCUT2D eigenvalue weighted by Gasteiger charge is 2.22. The number of nitrogens with zero attached hydrogens (tertiary/aromatic N) is 3.